The van der Waals surface area contributed by atoms with Crippen molar-refractivity contribution < 1.29 is 9.59 Å². The molecule has 102 valence electrons. The summed E-state index contributed by atoms with van der Waals surface area (Å²) in [6.07, 6.45) is 3.69. The Bertz CT molecular complexity index is 307. The predicted octanol–water partition coefficient (Wildman–Crippen LogP) is 0.232. The monoisotopic (exact) mass is 252 g/mol. The van der Waals surface area contributed by atoms with Gasteiger partial charge in [-0.25, -0.2) is 0 Å². The fraction of sp³-hybridized carbons (Fsp3) is 0.846. The minimum atomic E-state index is -0.00778. The van der Waals surface area contributed by atoms with Gasteiger partial charge < -0.3 is 10.2 Å². The second-order valence-electron chi connectivity index (χ2n) is 5.39. The molecular weight excluding hydrogens is 227 g/mol. The zero-order chi connectivity index (χ0) is 13.7. The molecule has 0 aromatic carbocycles. The van der Waals surface area contributed by atoms with Gasteiger partial charge in [0.25, 0.3) is 0 Å². The fourth-order valence-corrected chi connectivity index (χ4v) is 2.59. The molecule has 2 unspecified atom stereocenters. The predicted molar refractivity (Wildman–Crippen MR) is 75.4 cm³/mol. The highest BCUT2D eigenvalue weighted by Gasteiger charge is 2.34. The zero-order valence-corrected chi connectivity index (χ0v) is 12.0. The minimum absolute atomic E-state index is 0.00778. The number of likely N-dealkylation sites (N-methyl/N-ethyl adjacent to an activating group) is 1. The Hall–Kier alpha value is -0.835. The number of ketones is 1. The summed E-state index contributed by atoms with van der Waals surface area (Å²) in [7, 11) is 3.79. The van der Waals surface area contributed by atoms with Crippen molar-refractivity contribution in [3.63, 3.8) is 0 Å². The van der Waals surface area contributed by atoms with Crippen molar-refractivity contribution >= 4 is 19.5 Å². The van der Waals surface area contributed by atoms with Crippen LogP contribution < -0.4 is 5.32 Å². The Kier molecular flexibility index (Phi) is 5.86. The molecule has 2 atom stereocenters. The number of hydrogen-bond donors (Lipinski definition) is 1. The summed E-state index contributed by atoms with van der Waals surface area (Å²) in [4.78, 5) is 25.8. The molecule has 0 aromatic heterocycles. The highest BCUT2D eigenvalue weighted by atomic mass is 16.2. The first-order chi connectivity index (χ1) is 8.51. The van der Waals surface area contributed by atoms with E-state index in [1.54, 1.807) is 4.90 Å². The van der Waals surface area contributed by atoms with Gasteiger partial charge in [-0.05, 0) is 32.6 Å². The lowest BCUT2D eigenvalue weighted by atomic mass is 10.00. The highest BCUT2D eigenvalue weighted by molar-refractivity contribution is 6.19. The molecule has 0 saturated heterocycles. The second kappa shape index (κ2) is 6.93. The van der Waals surface area contributed by atoms with Crippen LogP contribution in [0.15, 0.2) is 0 Å². The van der Waals surface area contributed by atoms with Gasteiger partial charge >= 0.3 is 0 Å². The maximum absolute atomic E-state index is 12.1. The van der Waals surface area contributed by atoms with Gasteiger partial charge in [0.15, 0.2) is 5.78 Å². The quantitative estimate of drug-likeness (QED) is 0.688. The first-order valence-electron chi connectivity index (χ1n) is 7.00. The van der Waals surface area contributed by atoms with Gasteiger partial charge in [0.1, 0.15) is 7.85 Å². The van der Waals surface area contributed by atoms with E-state index in [0.29, 0.717) is 12.4 Å². The number of carbonyl (C=O) groups excluding carboxylic acids is 2. The minimum Gasteiger partial charge on any atom is -0.331 e. The van der Waals surface area contributed by atoms with E-state index in [4.69, 9.17) is 0 Å². The van der Waals surface area contributed by atoms with Crippen LogP contribution in [0.2, 0.25) is 6.32 Å². The molecule has 0 spiro atoms. The van der Waals surface area contributed by atoms with Crippen LogP contribution in [0.1, 0.15) is 33.1 Å². The highest BCUT2D eigenvalue weighted by Crippen LogP contribution is 2.25. The largest absolute Gasteiger partial charge is 0.331 e. The van der Waals surface area contributed by atoms with Crippen LogP contribution in [0.4, 0.5) is 0 Å². The topological polar surface area (TPSA) is 49.4 Å². The molecule has 0 aliphatic heterocycles. The number of carbonyl (C=O) groups is 2. The Labute approximate surface area is 111 Å². The smallest absolute Gasteiger partial charge is 0.215 e. The standard InChI is InChI=1S/C13H25BN2O2/c1-9(2)12(17)8-16(13(18)7-14)11-6-4-5-10(11)15-3/h9-11,15H,4-8,14H2,1-3H3. The average molecular weight is 252 g/mol. The van der Waals surface area contributed by atoms with Gasteiger partial charge in [0.2, 0.25) is 5.91 Å². The molecule has 1 fully saturated rings. The Morgan fingerprint density at radius 2 is 2.06 bits per heavy atom. The van der Waals surface area contributed by atoms with E-state index in [0.717, 1.165) is 19.3 Å². The fourth-order valence-electron chi connectivity index (χ4n) is 2.59. The molecule has 1 amide bonds. The lowest BCUT2D eigenvalue weighted by Crippen LogP contribution is -2.50. The SMILES string of the molecule is BCC(=O)N(CC(=O)C(C)C)C1CCCC1NC. The van der Waals surface area contributed by atoms with Gasteiger partial charge in [-0.2, -0.15) is 0 Å². The molecule has 1 aliphatic carbocycles. The summed E-state index contributed by atoms with van der Waals surface area (Å²) < 4.78 is 0. The number of amides is 1. The summed E-state index contributed by atoms with van der Waals surface area (Å²) >= 11 is 0. The molecular formula is C13H25BN2O2. The number of Topliss-reactive ketones (excluding diaryl/α,β-unsaturated/α-hetero) is 1. The molecule has 5 heteroatoms. The Morgan fingerprint density at radius 3 is 2.56 bits per heavy atom. The summed E-state index contributed by atoms with van der Waals surface area (Å²) in [6, 6.07) is 0.519. The molecule has 0 aromatic rings. The van der Waals surface area contributed by atoms with Gasteiger partial charge in [0, 0.05) is 18.0 Å². The number of nitrogens with one attached hydrogen (secondary N) is 1. The first-order valence-corrected chi connectivity index (χ1v) is 7.00. The number of nitrogens with zero attached hydrogens (tertiary/aromatic N) is 1. The summed E-state index contributed by atoms with van der Waals surface area (Å²) in [5, 5.41) is 3.27. The van der Waals surface area contributed by atoms with E-state index < -0.39 is 0 Å². The van der Waals surface area contributed by atoms with Crippen molar-refractivity contribution in [1.29, 1.82) is 0 Å². The van der Waals surface area contributed by atoms with Crippen LogP contribution in [-0.2, 0) is 9.59 Å². The van der Waals surface area contributed by atoms with Crippen molar-refractivity contribution in [1.82, 2.24) is 10.2 Å². The van der Waals surface area contributed by atoms with Crippen LogP contribution in [-0.4, -0.2) is 50.1 Å². The second-order valence-corrected chi connectivity index (χ2v) is 5.39. The lowest BCUT2D eigenvalue weighted by Gasteiger charge is -2.33. The molecule has 1 N–H and O–H groups in total. The van der Waals surface area contributed by atoms with Crippen LogP contribution in [0.25, 0.3) is 0 Å². The Morgan fingerprint density at radius 1 is 1.39 bits per heavy atom. The van der Waals surface area contributed by atoms with E-state index in [1.807, 2.05) is 28.7 Å². The third-order valence-electron chi connectivity index (χ3n) is 3.84. The molecule has 0 radical (unpaired) electrons. The van der Waals surface area contributed by atoms with E-state index in [9.17, 15) is 9.59 Å². The van der Waals surface area contributed by atoms with Gasteiger partial charge in [0.05, 0.1) is 6.54 Å². The third-order valence-corrected chi connectivity index (χ3v) is 3.84. The zero-order valence-electron chi connectivity index (χ0n) is 12.0. The van der Waals surface area contributed by atoms with Crippen LogP contribution in [0.5, 0.6) is 0 Å². The summed E-state index contributed by atoms with van der Waals surface area (Å²) in [6.45, 7) is 4.05. The van der Waals surface area contributed by atoms with E-state index >= 15 is 0 Å². The van der Waals surface area contributed by atoms with Crippen molar-refractivity contribution in [2.75, 3.05) is 13.6 Å². The van der Waals surface area contributed by atoms with Gasteiger partial charge in [-0.3, -0.25) is 9.59 Å². The van der Waals surface area contributed by atoms with Gasteiger partial charge in [-0.15, -0.1) is 0 Å². The first kappa shape index (κ1) is 15.2. The van der Waals surface area contributed by atoms with Crippen molar-refractivity contribution in [2.45, 2.75) is 51.5 Å². The summed E-state index contributed by atoms with van der Waals surface area (Å²) in [5.74, 6) is 0.237. The molecule has 4 nitrogen and oxygen atoms in total. The van der Waals surface area contributed by atoms with Crippen LogP contribution in [0, 0.1) is 5.92 Å². The lowest BCUT2D eigenvalue weighted by molar-refractivity contribution is -0.137. The van der Waals surface area contributed by atoms with Crippen molar-refractivity contribution in [2.24, 2.45) is 5.92 Å². The number of hydrogen-bond acceptors (Lipinski definition) is 3. The normalized spacial score (nSPS) is 23.3. The Balaban J connectivity index is 2.78. The van der Waals surface area contributed by atoms with Crippen molar-refractivity contribution in [3.8, 4) is 0 Å². The van der Waals surface area contributed by atoms with E-state index in [2.05, 4.69) is 5.32 Å². The third kappa shape index (κ3) is 3.58. The van der Waals surface area contributed by atoms with E-state index in [-0.39, 0.29) is 30.2 Å². The van der Waals surface area contributed by atoms with Crippen molar-refractivity contribution in [3.05, 3.63) is 0 Å². The molecule has 18 heavy (non-hydrogen) atoms. The molecule has 0 bridgehead atoms. The summed E-state index contributed by atoms with van der Waals surface area (Å²) in [5.41, 5.74) is 0. The molecule has 1 rings (SSSR count). The molecule has 1 aliphatic rings. The van der Waals surface area contributed by atoms with E-state index in [1.165, 1.54) is 0 Å². The van der Waals surface area contributed by atoms with Crippen LogP contribution >= 0.6 is 0 Å². The maximum Gasteiger partial charge on any atom is 0.215 e. The molecule has 0 heterocycles. The average Bonchev–Trinajstić information content (AvgIpc) is 2.82. The van der Waals surface area contributed by atoms with Crippen LogP contribution in [0.3, 0.4) is 0 Å². The number of rotatable bonds is 6. The molecule has 1 saturated carbocycles. The maximum atomic E-state index is 12.1. The van der Waals surface area contributed by atoms with Gasteiger partial charge in [-0.1, -0.05) is 13.8 Å².